The van der Waals surface area contributed by atoms with Crippen LogP contribution in [-0.4, -0.2) is 16.7 Å². The number of ketones is 1. The van der Waals surface area contributed by atoms with Gasteiger partial charge in [0.15, 0.2) is 5.78 Å². The largest absolute Gasteiger partial charge is 0.435 e. The Labute approximate surface area is 87.6 Å². The Balaban J connectivity index is 2.44. The Hall–Kier alpha value is -1.97. The summed E-state index contributed by atoms with van der Waals surface area (Å²) in [4.78, 5) is 26.2. The highest BCUT2D eigenvalue weighted by molar-refractivity contribution is 5.97. The van der Waals surface area contributed by atoms with E-state index in [9.17, 15) is 9.59 Å². The van der Waals surface area contributed by atoms with Gasteiger partial charge in [0.25, 0.3) is 0 Å². The lowest BCUT2D eigenvalue weighted by molar-refractivity contribution is -0.137. The van der Waals surface area contributed by atoms with Crippen molar-refractivity contribution >= 4 is 11.8 Å². The highest BCUT2D eigenvalue weighted by Crippen LogP contribution is 2.04. The number of hydrogen-bond donors (Lipinski definition) is 0. The minimum Gasteiger partial charge on any atom is -0.435 e. The van der Waals surface area contributed by atoms with E-state index < -0.39 is 5.97 Å². The van der Waals surface area contributed by atoms with Gasteiger partial charge in [0.2, 0.25) is 0 Å². The zero-order chi connectivity index (χ0) is 11.1. The first-order valence-electron chi connectivity index (χ1n) is 4.47. The number of nitrogens with zero attached hydrogens (tertiary/aromatic N) is 1. The van der Waals surface area contributed by atoms with E-state index in [1.165, 1.54) is 6.20 Å². The molecule has 0 amide bonds. The van der Waals surface area contributed by atoms with Crippen LogP contribution in [0.15, 0.2) is 37.4 Å². The quantitative estimate of drug-likeness (QED) is 0.417. The molecular formula is C11H11NO3. The SMILES string of the molecule is C=COC(=O)CCC(=O)c1cccnc1. The smallest absolute Gasteiger partial charge is 0.311 e. The summed E-state index contributed by atoms with van der Waals surface area (Å²) in [5, 5.41) is 0. The molecule has 0 aliphatic carbocycles. The fourth-order valence-electron chi connectivity index (χ4n) is 1.04. The molecular weight excluding hydrogens is 194 g/mol. The van der Waals surface area contributed by atoms with Gasteiger partial charge in [0.1, 0.15) is 0 Å². The highest BCUT2D eigenvalue weighted by atomic mass is 16.5. The summed E-state index contributed by atoms with van der Waals surface area (Å²) >= 11 is 0. The molecule has 0 atom stereocenters. The van der Waals surface area contributed by atoms with Crippen LogP contribution in [0.4, 0.5) is 0 Å². The lowest BCUT2D eigenvalue weighted by Crippen LogP contribution is -2.05. The van der Waals surface area contributed by atoms with E-state index in [1.807, 2.05) is 0 Å². The first-order valence-corrected chi connectivity index (χ1v) is 4.47. The molecule has 4 heteroatoms. The molecule has 1 heterocycles. The van der Waals surface area contributed by atoms with Crippen molar-refractivity contribution < 1.29 is 14.3 Å². The Bertz CT molecular complexity index is 359. The maximum Gasteiger partial charge on any atom is 0.311 e. The van der Waals surface area contributed by atoms with Gasteiger partial charge in [-0.1, -0.05) is 6.58 Å². The topological polar surface area (TPSA) is 56.3 Å². The second-order valence-corrected chi connectivity index (χ2v) is 2.82. The average Bonchev–Trinajstić information content (AvgIpc) is 2.27. The van der Waals surface area contributed by atoms with E-state index in [-0.39, 0.29) is 18.6 Å². The summed E-state index contributed by atoms with van der Waals surface area (Å²) in [7, 11) is 0. The number of carbonyl (C=O) groups excluding carboxylic acids is 2. The van der Waals surface area contributed by atoms with E-state index in [2.05, 4.69) is 16.3 Å². The van der Waals surface area contributed by atoms with Gasteiger partial charge in [-0.15, -0.1) is 0 Å². The van der Waals surface area contributed by atoms with E-state index >= 15 is 0 Å². The molecule has 0 radical (unpaired) electrons. The molecule has 0 fully saturated rings. The summed E-state index contributed by atoms with van der Waals surface area (Å²) in [6, 6.07) is 3.34. The summed E-state index contributed by atoms with van der Waals surface area (Å²) in [5.41, 5.74) is 0.504. The van der Waals surface area contributed by atoms with Crippen molar-refractivity contribution in [3.8, 4) is 0 Å². The monoisotopic (exact) mass is 205 g/mol. The van der Waals surface area contributed by atoms with Crippen LogP contribution in [0.5, 0.6) is 0 Å². The minimum absolute atomic E-state index is 0.0553. The molecule has 1 rings (SSSR count). The van der Waals surface area contributed by atoms with E-state index in [1.54, 1.807) is 18.3 Å². The fourth-order valence-corrected chi connectivity index (χ4v) is 1.04. The number of carbonyl (C=O) groups is 2. The third kappa shape index (κ3) is 3.72. The predicted molar refractivity (Wildman–Crippen MR) is 54.1 cm³/mol. The maximum atomic E-state index is 11.5. The molecule has 0 unspecified atom stereocenters. The average molecular weight is 205 g/mol. The predicted octanol–water partition coefficient (Wildman–Crippen LogP) is 1.73. The number of esters is 1. The van der Waals surface area contributed by atoms with Crippen LogP contribution in [-0.2, 0) is 9.53 Å². The first-order chi connectivity index (χ1) is 7.24. The van der Waals surface area contributed by atoms with Crippen molar-refractivity contribution in [3.63, 3.8) is 0 Å². The molecule has 1 aromatic rings. The lowest BCUT2D eigenvalue weighted by Gasteiger charge is -1.99. The van der Waals surface area contributed by atoms with Crippen LogP contribution in [0.3, 0.4) is 0 Å². The molecule has 0 aliphatic rings. The number of hydrogen-bond acceptors (Lipinski definition) is 4. The molecule has 4 nitrogen and oxygen atoms in total. The van der Waals surface area contributed by atoms with Crippen LogP contribution in [0.2, 0.25) is 0 Å². The van der Waals surface area contributed by atoms with E-state index in [4.69, 9.17) is 0 Å². The summed E-state index contributed by atoms with van der Waals surface area (Å²) in [6.45, 7) is 3.25. The molecule has 0 bridgehead atoms. The molecule has 0 N–H and O–H groups in total. The van der Waals surface area contributed by atoms with Crippen molar-refractivity contribution in [3.05, 3.63) is 42.9 Å². The fraction of sp³-hybridized carbons (Fsp3) is 0.182. The van der Waals surface area contributed by atoms with Crippen molar-refractivity contribution in [1.82, 2.24) is 4.98 Å². The highest BCUT2D eigenvalue weighted by Gasteiger charge is 2.09. The summed E-state index contributed by atoms with van der Waals surface area (Å²) < 4.78 is 4.49. The van der Waals surface area contributed by atoms with Crippen molar-refractivity contribution in [1.29, 1.82) is 0 Å². The second-order valence-electron chi connectivity index (χ2n) is 2.82. The van der Waals surface area contributed by atoms with Gasteiger partial charge in [-0.05, 0) is 12.1 Å². The van der Waals surface area contributed by atoms with Crippen LogP contribution in [0.25, 0.3) is 0 Å². The van der Waals surface area contributed by atoms with Gasteiger partial charge in [0.05, 0.1) is 12.7 Å². The van der Waals surface area contributed by atoms with Gasteiger partial charge < -0.3 is 4.74 Å². The number of rotatable bonds is 5. The number of ether oxygens (including phenoxy) is 1. The lowest BCUT2D eigenvalue weighted by atomic mass is 10.1. The Morgan fingerprint density at radius 1 is 1.47 bits per heavy atom. The molecule has 78 valence electrons. The Morgan fingerprint density at radius 2 is 2.27 bits per heavy atom. The van der Waals surface area contributed by atoms with Gasteiger partial charge in [0, 0.05) is 24.4 Å². The summed E-state index contributed by atoms with van der Waals surface area (Å²) in [6.07, 6.45) is 4.29. The standard InChI is InChI=1S/C11H11NO3/c1-2-15-11(14)6-5-10(13)9-4-3-7-12-8-9/h2-4,7-8H,1,5-6H2. The Morgan fingerprint density at radius 3 is 2.87 bits per heavy atom. The van der Waals surface area contributed by atoms with Gasteiger partial charge in [-0.25, -0.2) is 0 Å². The van der Waals surface area contributed by atoms with Crippen LogP contribution >= 0.6 is 0 Å². The van der Waals surface area contributed by atoms with Crippen LogP contribution in [0, 0.1) is 0 Å². The molecule has 1 aromatic heterocycles. The zero-order valence-corrected chi connectivity index (χ0v) is 8.18. The third-order valence-corrected chi connectivity index (χ3v) is 1.75. The normalized spacial score (nSPS) is 9.33. The third-order valence-electron chi connectivity index (χ3n) is 1.75. The Kier molecular flexibility index (Phi) is 4.22. The molecule has 15 heavy (non-hydrogen) atoms. The molecule has 0 saturated carbocycles. The van der Waals surface area contributed by atoms with E-state index in [0.29, 0.717) is 5.56 Å². The second kappa shape index (κ2) is 5.70. The van der Waals surface area contributed by atoms with Gasteiger partial charge >= 0.3 is 5.97 Å². The van der Waals surface area contributed by atoms with Gasteiger partial charge in [-0.3, -0.25) is 14.6 Å². The maximum absolute atomic E-state index is 11.5. The first kappa shape index (κ1) is 11.1. The van der Waals surface area contributed by atoms with Crippen LogP contribution in [0.1, 0.15) is 23.2 Å². The van der Waals surface area contributed by atoms with Crippen LogP contribution < -0.4 is 0 Å². The van der Waals surface area contributed by atoms with Crippen molar-refractivity contribution in [2.45, 2.75) is 12.8 Å². The molecule has 0 spiro atoms. The number of Topliss-reactive ketones (excluding diaryl/α,β-unsaturated/α-hetero) is 1. The molecule has 0 saturated heterocycles. The molecule has 0 aromatic carbocycles. The van der Waals surface area contributed by atoms with Crippen molar-refractivity contribution in [2.75, 3.05) is 0 Å². The van der Waals surface area contributed by atoms with E-state index in [0.717, 1.165) is 6.26 Å². The number of pyridine rings is 1. The molecule has 0 aliphatic heterocycles. The van der Waals surface area contributed by atoms with Crippen molar-refractivity contribution in [2.24, 2.45) is 0 Å². The number of aromatic nitrogens is 1. The summed E-state index contributed by atoms with van der Waals surface area (Å²) in [5.74, 6) is -0.577. The van der Waals surface area contributed by atoms with Gasteiger partial charge in [-0.2, -0.15) is 0 Å². The zero-order valence-electron chi connectivity index (χ0n) is 8.18. The minimum atomic E-state index is -0.456.